The summed E-state index contributed by atoms with van der Waals surface area (Å²) in [6, 6.07) is 5.52. The van der Waals surface area contributed by atoms with Crippen molar-refractivity contribution in [1.29, 1.82) is 0 Å². The summed E-state index contributed by atoms with van der Waals surface area (Å²) in [6.45, 7) is 2.84. The van der Waals surface area contributed by atoms with Crippen LogP contribution < -0.4 is 15.4 Å². The van der Waals surface area contributed by atoms with Gasteiger partial charge >= 0.3 is 0 Å². The smallest absolute Gasteiger partial charge is 0.191 e. The van der Waals surface area contributed by atoms with Crippen molar-refractivity contribution >= 4 is 17.7 Å². The number of rotatable bonds is 6. The first kappa shape index (κ1) is 18.9. The third-order valence-corrected chi connectivity index (χ3v) is 5.37. The van der Waals surface area contributed by atoms with E-state index in [9.17, 15) is 4.39 Å². The van der Waals surface area contributed by atoms with Gasteiger partial charge in [-0.05, 0) is 50.1 Å². The van der Waals surface area contributed by atoms with E-state index in [0.717, 1.165) is 16.8 Å². The molecule has 24 heavy (non-hydrogen) atoms. The molecule has 2 atom stereocenters. The van der Waals surface area contributed by atoms with Gasteiger partial charge in [-0.3, -0.25) is 4.99 Å². The molecule has 0 spiro atoms. The van der Waals surface area contributed by atoms with Crippen LogP contribution in [0.2, 0.25) is 0 Å². The Morgan fingerprint density at radius 1 is 1.42 bits per heavy atom. The lowest BCUT2D eigenvalue weighted by molar-refractivity contribution is 0.321. The number of thioether (sulfide) groups is 1. The summed E-state index contributed by atoms with van der Waals surface area (Å²) in [5.74, 6) is 0.749. The second kappa shape index (κ2) is 9.77. The third kappa shape index (κ3) is 5.58. The Kier molecular flexibility index (Phi) is 7.69. The second-order valence-corrected chi connectivity index (χ2v) is 7.13. The van der Waals surface area contributed by atoms with Crippen LogP contribution in [0.5, 0.6) is 5.75 Å². The molecule has 1 saturated carbocycles. The molecular weight excluding hydrogens is 325 g/mol. The Balaban J connectivity index is 1.86. The fourth-order valence-corrected chi connectivity index (χ4v) is 3.82. The Bertz CT molecular complexity index is 553. The van der Waals surface area contributed by atoms with Crippen molar-refractivity contribution in [3.8, 4) is 5.75 Å². The first-order chi connectivity index (χ1) is 11.7. The predicted molar refractivity (Wildman–Crippen MR) is 100 cm³/mol. The molecule has 1 aromatic rings. The molecule has 1 aromatic carbocycles. The number of aliphatic imine (C=N–C) groups is 1. The molecule has 2 N–H and O–H groups in total. The molecule has 0 heterocycles. The number of nitrogens with zero attached hydrogens (tertiary/aromatic N) is 1. The summed E-state index contributed by atoms with van der Waals surface area (Å²) in [5, 5.41) is 7.49. The lowest BCUT2D eigenvalue weighted by atomic mass is 9.95. The van der Waals surface area contributed by atoms with Crippen LogP contribution in [-0.4, -0.2) is 37.2 Å². The van der Waals surface area contributed by atoms with Crippen molar-refractivity contribution in [2.75, 3.05) is 19.9 Å². The minimum atomic E-state index is -0.325. The standard InChI is InChI=1S/C18H28FN3OS/c1-4-23-17-9-8-13(10-16(17)19)12-21-18(20-2)22-14-6-5-7-15(11-14)24-3/h8-10,14-15H,4-7,11-12H2,1-3H3,(H2,20,21,22). The van der Waals surface area contributed by atoms with E-state index in [1.165, 1.54) is 31.7 Å². The van der Waals surface area contributed by atoms with E-state index >= 15 is 0 Å². The minimum absolute atomic E-state index is 0.300. The van der Waals surface area contributed by atoms with Gasteiger partial charge in [0.2, 0.25) is 0 Å². The number of guanidine groups is 1. The van der Waals surface area contributed by atoms with E-state index in [-0.39, 0.29) is 5.82 Å². The van der Waals surface area contributed by atoms with Crippen LogP contribution in [0.25, 0.3) is 0 Å². The number of halogens is 1. The van der Waals surface area contributed by atoms with Gasteiger partial charge in [0.1, 0.15) is 0 Å². The Morgan fingerprint density at radius 2 is 2.25 bits per heavy atom. The quantitative estimate of drug-likeness (QED) is 0.606. The summed E-state index contributed by atoms with van der Waals surface area (Å²) in [6.07, 6.45) is 7.08. The summed E-state index contributed by atoms with van der Waals surface area (Å²) in [4.78, 5) is 4.29. The van der Waals surface area contributed by atoms with Crippen molar-refractivity contribution in [2.45, 2.75) is 50.4 Å². The van der Waals surface area contributed by atoms with Gasteiger partial charge in [0, 0.05) is 24.9 Å². The Morgan fingerprint density at radius 3 is 2.92 bits per heavy atom. The van der Waals surface area contributed by atoms with Gasteiger partial charge in [-0.15, -0.1) is 0 Å². The van der Waals surface area contributed by atoms with Gasteiger partial charge in [0.05, 0.1) is 6.61 Å². The van der Waals surface area contributed by atoms with Crippen LogP contribution in [0.1, 0.15) is 38.2 Å². The highest BCUT2D eigenvalue weighted by molar-refractivity contribution is 7.99. The number of hydrogen-bond donors (Lipinski definition) is 2. The summed E-state index contributed by atoms with van der Waals surface area (Å²) in [7, 11) is 1.77. The summed E-state index contributed by atoms with van der Waals surface area (Å²) >= 11 is 1.95. The second-order valence-electron chi connectivity index (χ2n) is 5.99. The zero-order chi connectivity index (χ0) is 17.4. The lowest BCUT2D eigenvalue weighted by Crippen LogP contribution is -2.45. The van der Waals surface area contributed by atoms with E-state index in [4.69, 9.17) is 4.74 Å². The predicted octanol–water partition coefficient (Wildman–Crippen LogP) is 3.56. The van der Waals surface area contributed by atoms with Crippen molar-refractivity contribution in [1.82, 2.24) is 10.6 Å². The maximum Gasteiger partial charge on any atom is 0.191 e. The Hall–Kier alpha value is -1.43. The zero-order valence-corrected chi connectivity index (χ0v) is 15.6. The molecule has 2 rings (SSSR count). The maximum absolute atomic E-state index is 13.9. The molecule has 0 saturated heterocycles. The van der Waals surface area contributed by atoms with Crippen molar-refractivity contribution in [2.24, 2.45) is 4.99 Å². The average Bonchev–Trinajstić information content (AvgIpc) is 2.61. The highest BCUT2D eigenvalue weighted by atomic mass is 32.2. The van der Waals surface area contributed by atoms with E-state index in [1.807, 2.05) is 24.8 Å². The number of ether oxygens (including phenoxy) is 1. The molecule has 0 radical (unpaired) electrons. The van der Waals surface area contributed by atoms with Crippen LogP contribution in [0.4, 0.5) is 4.39 Å². The van der Waals surface area contributed by atoms with E-state index < -0.39 is 0 Å². The Labute approximate surface area is 148 Å². The molecule has 0 aliphatic heterocycles. The zero-order valence-electron chi connectivity index (χ0n) is 14.8. The lowest BCUT2D eigenvalue weighted by Gasteiger charge is -2.29. The molecule has 1 aliphatic carbocycles. The molecular formula is C18H28FN3OS. The fourth-order valence-electron chi connectivity index (χ4n) is 2.99. The number of nitrogens with one attached hydrogen (secondary N) is 2. The van der Waals surface area contributed by atoms with Crippen molar-refractivity contribution < 1.29 is 9.13 Å². The fraction of sp³-hybridized carbons (Fsp3) is 0.611. The monoisotopic (exact) mass is 353 g/mol. The van der Waals surface area contributed by atoms with Crippen molar-refractivity contribution in [3.63, 3.8) is 0 Å². The highest BCUT2D eigenvalue weighted by Gasteiger charge is 2.21. The number of hydrogen-bond acceptors (Lipinski definition) is 3. The van der Waals surface area contributed by atoms with E-state index in [2.05, 4.69) is 21.9 Å². The minimum Gasteiger partial charge on any atom is -0.491 e. The summed E-state index contributed by atoms with van der Waals surface area (Å²) in [5.41, 5.74) is 0.865. The van der Waals surface area contributed by atoms with Gasteiger partial charge in [0.25, 0.3) is 0 Å². The van der Waals surface area contributed by atoms with Gasteiger partial charge in [-0.25, -0.2) is 4.39 Å². The SMILES string of the molecule is CCOc1ccc(CNC(=NC)NC2CCCC(SC)C2)cc1F. The molecule has 134 valence electrons. The normalized spacial score (nSPS) is 21.4. The third-order valence-electron chi connectivity index (χ3n) is 4.28. The van der Waals surface area contributed by atoms with Gasteiger partial charge < -0.3 is 15.4 Å². The van der Waals surface area contributed by atoms with E-state index in [0.29, 0.717) is 24.9 Å². The largest absolute Gasteiger partial charge is 0.491 e. The maximum atomic E-state index is 13.9. The van der Waals surface area contributed by atoms with Crippen LogP contribution in [0, 0.1) is 5.82 Å². The van der Waals surface area contributed by atoms with Gasteiger partial charge in [-0.1, -0.05) is 12.5 Å². The van der Waals surface area contributed by atoms with Crippen LogP contribution >= 0.6 is 11.8 Å². The average molecular weight is 354 g/mol. The van der Waals surface area contributed by atoms with Gasteiger partial charge in [-0.2, -0.15) is 11.8 Å². The molecule has 0 aromatic heterocycles. The molecule has 1 fully saturated rings. The van der Waals surface area contributed by atoms with E-state index in [1.54, 1.807) is 13.1 Å². The van der Waals surface area contributed by atoms with Gasteiger partial charge in [0.15, 0.2) is 17.5 Å². The van der Waals surface area contributed by atoms with Crippen molar-refractivity contribution in [3.05, 3.63) is 29.6 Å². The highest BCUT2D eigenvalue weighted by Crippen LogP contribution is 2.26. The molecule has 0 amide bonds. The first-order valence-corrected chi connectivity index (χ1v) is 9.86. The summed E-state index contributed by atoms with van der Waals surface area (Å²) < 4.78 is 19.1. The first-order valence-electron chi connectivity index (χ1n) is 8.57. The molecule has 4 nitrogen and oxygen atoms in total. The molecule has 1 aliphatic rings. The topological polar surface area (TPSA) is 45.6 Å². The van der Waals surface area contributed by atoms with Crippen LogP contribution in [0.15, 0.2) is 23.2 Å². The van der Waals surface area contributed by atoms with Crippen LogP contribution in [0.3, 0.4) is 0 Å². The molecule has 0 bridgehead atoms. The molecule has 6 heteroatoms. The molecule has 2 unspecified atom stereocenters. The van der Waals surface area contributed by atoms with Crippen LogP contribution in [-0.2, 0) is 6.54 Å². The number of benzene rings is 1.